The van der Waals surface area contributed by atoms with E-state index in [0.717, 1.165) is 11.8 Å². The molecule has 0 saturated heterocycles. The molecule has 36 heavy (non-hydrogen) atoms. The molecule has 0 bridgehead atoms. The molecule has 10 nitrogen and oxygen atoms in total. The van der Waals surface area contributed by atoms with Gasteiger partial charge < -0.3 is 16.0 Å². The van der Waals surface area contributed by atoms with Gasteiger partial charge in [-0.3, -0.25) is 19.0 Å². The fraction of sp³-hybridized carbons (Fsp3) is 0.0800. The molecule has 2 amide bonds. The van der Waals surface area contributed by atoms with Crippen LogP contribution in [0.2, 0.25) is 0 Å². The van der Waals surface area contributed by atoms with Gasteiger partial charge in [0.2, 0.25) is 10.0 Å². The number of H-pyrrole nitrogens is 1. The smallest absolute Gasteiger partial charge is 0.258 e. The average Bonchev–Trinajstić information content (AvgIpc) is 3.35. The van der Waals surface area contributed by atoms with Crippen molar-refractivity contribution in [2.75, 3.05) is 33.6 Å². The van der Waals surface area contributed by atoms with E-state index in [1.54, 1.807) is 48.5 Å². The summed E-state index contributed by atoms with van der Waals surface area (Å²) in [6, 6.07) is 17.5. The Kier molecular flexibility index (Phi) is 5.69. The highest BCUT2D eigenvalue weighted by Gasteiger charge is 2.22. The van der Waals surface area contributed by atoms with Crippen LogP contribution in [-0.4, -0.2) is 43.7 Å². The molecule has 1 aliphatic heterocycles. The normalized spacial score (nSPS) is 12.4. The van der Waals surface area contributed by atoms with Crippen molar-refractivity contribution in [2.45, 2.75) is 0 Å². The maximum absolute atomic E-state index is 12.9. The Morgan fingerprint density at radius 2 is 1.75 bits per heavy atom. The zero-order valence-corrected chi connectivity index (χ0v) is 20.2. The quantitative estimate of drug-likeness (QED) is 0.325. The molecule has 0 aliphatic carbocycles. The Bertz CT molecular complexity index is 1600. The van der Waals surface area contributed by atoms with E-state index in [4.69, 9.17) is 0 Å². The predicted molar refractivity (Wildman–Crippen MR) is 139 cm³/mol. The first-order chi connectivity index (χ1) is 17.2. The van der Waals surface area contributed by atoms with Crippen LogP contribution in [0.4, 0.5) is 28.4 Å². The van der Waals surface area contributed by atoms with Gasteiger partial charge in [-0.05, 0) is 42.0 Å². The summed E-state index contributed by atoms with van der Waals surface area (Å²) in [5.74, 6) is -0.616. The van der Waals surface area contributed by atoms with Crippen LogP contribution in [0.15, 0.2) is 73.1 Å². The van der Waals surface area contributed by atoms with Gasteiger partial charge in [-0.1, -0.05) is 24.3 Å². The van der Waals surface area contributed by atoms with E-state index >= 15 is 0 Å². The number of anilines is 5. The number of para-hydroxylation sites is 1. The summed E-state index contributed by atoms with van der Waals surface area (Å²) in [4.78, 5) is 25.3. The summed E-state index contributed by atoms with van der Waals surface area (Å²) < 4.78 is 25.6. The highest BCUT2D eigenvalue weighted by atomic mass is 32.2. The van der Waals surface area contributed by atoms with Crippen molar-refractivity contribution in [3.05, 3.63) is 84.2 Å². The molecule has 4 N–H and O–H groups in total. The number of aromatic amines is 1. The van der Waals surface area contributed by atoms with Crippen molar-refractivity contribution in [1.82, 2.24) is 10.2 Å². The minimum atomic E-state index is -3.48. The number of hydrogen-bond acceptors (Lipinski definition) is 6. The number of benzene rings is 3. The molecule has 5 rings (SSSR count). The molecule has 2 heterocycles. The molecule has 0 radical (unpaired) electrons. The van der Waals surface area contributed by atoms with E-state index in [9.17, 15) is 18.0 Å². The second-order valence-corrected chi connectivity index (χ2v) is 10.3. The van der Waals surface area contributed by atoms with Gasteiger partial charge in [-0.25, -0.2) is 8.42 Å². The third-order valence-corrected chi connectivity index (χ3v) is 7.06. The lowest BCUT2D eigenvalue weighted by Crippen LogP contribution is -2.25. The Balaban J connectivity index is 1.52. The molecule has 3 aromatic carbocycles. The van der Waals surface area contributed by atoms with Crippen LogP contribution in [0.1, 0.15) is 20.7 Å². The molecule has 0 unspecified atom stereocenters. The molecule has 0 saturated carbocycles. The van der Waals surface area contributed by atoms with E-state index in [1.807, 2.05) is 12.1 Å². The lowest BCUT2D eigenvalue weighted by molar-refractivity contribution is 0.101. The van der Waals surface area contributed by atoms with E-state index in [-0.39, 0.29) is 11.8 Å². The zero-order valence-electron chi connectivity index (χ0n) is 19.4. The van der Waals surface area contributed by atoms with Crippen LogP contribution in [0.3, 0.4) is 0 Å². The minimum absolute atomic E-state index is 0.292. The first-order valence-electron chi connectivity index (χ1n) is 10.9. The molecule has 0 atom stereocenters. The van der Waals surface area contributed by atoms with Crippen molar-refractivity contribution >= 4 is 50.3 Å². The molecule has 1 aliphatic rings. The van der Waals surface area contributed by atoms with E-state index < -0.39 is 10.0 Å². The van der Waals surface area contributed by atoms with Crippen molar-refractivity contribution in [3.63, 3.8) is 0 Å². The number of nitrogens with zero attached hydrogens (tertiary/aromatic N) is 2. The van der Waals surface area contributed by atoms with Crippen LogP contribution < -0.4 is 20.3 Å². The summed E-state index contributed by atoms with van der Waals surface area (Å²) in [5.41, 5.74) is 4.96. The second-order valence-electron chi connectivity index (χ2n) is 8.29. The number of rotatable bonds is 5. The van der Waals surface area contributed by atoms with E-state index in [2.05, 4.69) is 26.1 Å². The average molecular weight is 503 g/mol. The Labute approximate surface area is 207 Å². The number of carbonyl (C=O) groups excluding carboxylic acids is 2. The third-order valence-electron chi connectivity index (χ3n) is 5.87. The monoisotopic (exact) mass is 502 g/mol. The fourth-order valence-electron chi connectivity index (χ4n) is 3.93. The van der Waals surface area contributed by atoms with Crippen molar-refractivity contribution in [1.29, 1.82) is 0 Å². The van der Waals surface area contributed by atoms with Gasteiger partial charge in [-0.15, -0.1) is 0 Å². The summed E-state index contributed by atoms with van der Waals surface area (Å²) in [6.07, 6.45) is 4.06. The number of nitrogens with one attached hydrogen (secondary N) is 4. The Hall–Kier alpha value is -4.64. The van der Waals surface area contributed by atoms with Crippen LogP contribution in [0, 0.1) is 0 Å². The first-order valence-corrected chi connectivity index (χ1v) is 12.8. The number of sulfonamides is 1. The maximum Gasteiger partial charge on any atom is 0.258 e. The van der Waals surface area contributed by atoms with Crippen molar-refractivity contribution in [2.24, 2.45) is 0 Å². The summed E-state index contributed by atoms with van der Waals surface area (Å²) in [7, 11) is -1.98. The SMILES string of the molecule is CN(c1ccccc1-c1ccc2c(c1)Nc1cc(NC(=O)c3cn[nH]c3)ccc1NC2=O)S(C)(=O)=O. The van der Waals surface area contributed by atoms with Crippen LogP contribution in [0.5, 0.6) is 0 Å². The molecule has 0 fully saturated rings. The van der Waals surface area contributed by atoms with Crippen molar-refractivity contribution < 1.29 is 18.0 Å². The summed E-state index contributed by atoms with van der Waals surface area (Å²) in [5, 5.41) is 15.4. The van der Waals surface area contributed by atoms with Gasteiger partial charge in [0.25, 0.3) is 11.8 Å². The molecular weight excluding hydrogens is 480 g/mol. The van der Waals surface area contributed by atoms with Crippen LogP contribution in [-0.2, 0) is 10.0 Å². The Morgan fingerprint density at radius 1 is 0.944 bits per heavy atom. The van der Waals surface area contributed by atoms with E-state index in [0.29, 0.717) is 45.1 Å². The lowest BCUT2D eigenvalue weighted by atomic mass is 10.0. The zero-order chi connectivity index (χ0) is 25.4. The number of hydrogen-bond donors (Lipinski definition) is 4. The van der Waals surface area contributed by atoms with Gasteiger partial charge in [-0.2, -0.15) is 5.10 Å². The highest BCUT2D eigenvalue weighted by molar-refractivity contribution is 7.92. The van der Waals surface area contributed by atoms with Gasteiger partial charge in [0.1, 0.15) is 0 Å². The molecular formula is C25H22N6O4S. The molecule has 0 spiro atoms. The largest absolute Gasteiger partial charge is 0.353 e. The topological polar surface area (TPSA) is 136 Å². The maximum atomic E-state index is 12.9. The minimum Gasteiger partial charge on any atom is -0.353 e. The predicted octanol–water partition coefficient (Wildman–Crippen LogP) is 4.03. The second kappa shape index (κ2) is 8.86. The van der Waals surface area contributed by atoms with Crippen LogP contribution in [0.25, 0.3) is 11.1 Å². The number of aromatic nitrogens is 2. The molecule has 11 heteroatoms. The van der Waals surface area contributed by atoms with Crippen LogP contribution >= 0.6 is 0 Å². The van der Waals surface area contributed by atoms with Gasteiger partial charge >= 0.3 is 0 Å². The molecule has 4 aromatic rings. The standard InChI is InChI=1S/C25H22N6O4S/c1-31(36(2,34)35)23-6-4-3-5-18(23)15-7-9-19-21(11-15)29-22-12-17(8-10-20(22)30-25(19)33)28-24(32)16-13-26-27-14-16/h3-14,29H,1-2H3,(H,26,27)(H,28,32)(H,30,33). The number of carbonyl (C=O) groups is 2. The number of fused-ring (bicyclic) bond motifs is 2. The highest BCUT2D eigenvalue weighted by Crippen LogP contribution is 2.38. The lowest BCUT2D eigenvalue weighted by Gasteiger charge is -2.21. The molecule has 182 valence electrons. The van der Waals surface area contributed by atoms with Gasteiger partial charge in [0.15, 0.2) is 0 Å². The summed E-state index contributed by atoms with van der Waals surface area (Å²) >= 11 is 0. The third kappa shape index (κ3) is 4.39. The first kappa shape index (κ1) is 23.1. The van der Waals surface area contributed by atoms with E-state index in [1.165, 1.54) is 23.7 Å². The molecule has 1 aromatic heterocycles. The fourth-order valence-corrected chi connectivity index (χ4v) is 4.45. The van der Waals surface area contributed by atoms with Gasteiger partial charge in [0, 0.05) is 24.5 Å². The summed E-state index contributed by atoms with van der Waals surface area (Å²) in [6.45, 7) is 0. The Morgan fingerprint density at radius 3 is 2.50 bits per heavy atom. The van der Waals surface area contributed by atoms with Crippen molar-refractivity contribution in [3.8, 4) is 11.1 Å². The number of amides is 2. The van der Waals surface area contributed by atoms with Gasteiger partial charge in [0.05, 0.1) is 46.3 Å².